The molecular weight excluding hydrogens is 246 g/mol. The number of aromatic nitrogens is 2. The van der Waals surface area contributed by atoms with Gasteiger partial charge in [0.05, 0.1) is 17.4 Å². The predicted molar refractivity (Wildman–Crippen MR) is 85.0 cm³/mol. The highest BCUT2D eigenvalue weighted by Gasteiger charge is 2.18. The molecule has 3 nitrogen and oxygen atoms in total. The molecule has 108 valence electrons. The second kappa shape index (κ2) is 6.29. The zero-order valence-corrected chi connectivity index (χ0v) is 12.4. The Kier molecular flexibility index (Phi) is 4.24. The third-order valence-corrected chi connectivity index (χ3v) is 4.62. The first-order valence-corrected chi connectivity index (χ1v) is 8.05. The molecule has 1 fully saturated rings. The number of benzene rings is 1. The lowest BCUT2D eigenvalue weighted by molar-refractivity contribution is 0.422. The molecule has 2 unspecified atom stereocenters. The Morgan fingerprint density at radius 2 is 2.20 bits per heavy atom. The number of hydrogen-bond acceptors (Lipinski definition) is 2. The summed E-state index contributed by atoms with van der Waals surface area (Å²) >= 11 is 0. The molecule has 2 atom stereocenters. The maximum Gasteiger partial charge on any atom is 0.0881 e. The lowest BCUT2D eigenvalue weighted by atomic mass is 9.95. The molecule has 0 bridgehead atoms. The number of nitrogens with one attached hydrogen (secondary N) is 2. The average Bonchev–Trinajstić information content (AvgIpc) is 2.83. The predicted octanol–water partition coefficient (Wildman–Crippen LogP) is 4.72. The van der Waals surface area contributed by atoms with Gasteiger partial charge in [0.25, 0.3) is 0 Å². The van der Waals surface area contributed by atoms with Crippen molar-refractivity contribution in [1.82, 2.24) is 10.2 Å². The van der Waals surface area contributed by atoms with Crippen molar-refractivity contribution in [2.45, 2.75) is 57.9 Å². The van der Waals surface area contributed by atoms with Crippen LogP contribution in [-0.2, 0) is 0 Å². The zero-order valence-electron chi connectivity index (χ0n) is 12.4. The molecule has 2 aromatic rings. The lowest BCUT2D eigenvalue weighted by Crippen LogP contribution is -2.18. The number of fused-ring (bicyclic) bond motifs is 1. The van der Waals surface area contributed by atoms with E-state index in [0.29, 0.717) is 6.04 Å². The number of hydrogen-bond donors (Lipinski definition) is 2. The normalized spacial score (nSPS) is 23.6. The highest BCUT2D eigenvalue weighted by Crippen LogP contribution is 2.29. The molecule has 1 aromatic heterocycles. The summed E-state index contributed by atoms with van der Waals surface area (Å²) in [5.74, 6) is 0.953. The maximum absolute atomic E-state index is 4.14. The van der Waals surface area contributed by atoms with Crippen molar-refractivity contribution in [2.24, 2.45) is 5.92 Å². The molecule has 0 saturated heterocycles. The second-order valence-corrected chi connectivity index (χ2v) is 6.14. The summed E-state index contributed by atoms with van der Waals surface area (Å²) in [7, 11) is 0. The van der Waals surface area contributed by atoms with Crippen molar-refractivity contribution < 1.29 is 0 Å². The quantitative estimate of drug-likeness (QED) is 0.790. The average molecular weight is 271 g/mol. The van der Waals surface area contributed by atoms with Gasteiger partial charge in [-0.2, -0.15) is 5.10 Å². The Morgan fingerprint density at radius 3 is 3.10 bits per heavy atom. The molecule has 0 amide bonds. The van der Waals surface area contributed by atoms with Crippen molar-refractivity contribution in [2.75, 3.05) is 5.32 Å². The maximum atomic E-state index is 4.14. The van der Waals surface area contributed by atoms with Gasteiger partial charge in [-0.15, -0.1) is 0 Å². The first-order valence-electron chi connectivity index (χ1n) is 8.05. The number of aromatic amines is 1. The second-order valence-electron chi connectivity index (χ2n) is 6.14. The van der Waals surface area contributed by atoms with Crippen LogP contribution < -0.4 is 5.32 Å². The topological polar surface area (TPSA) is 40.7 Å². The summed E-state index contributed by atoms with van der Waals surface area (Å²) in [5.41, 5.74) is 2.35. The van der Waals surface area contributed by atoms with E-state index in [0.717, 1.165) is 11.4 Å². The van der Waals surface area contributed by atoms with E-state index in [1.807, 2.05) is 6.20 Å². The van der Waals surface area contributed by atoms with E-state index in [4.69, 9.17) is 0 Å². The van der Waals surface area contributed by atoms with Gasteiger partial charge < -0.3 is 5.32 Å². The molecule has 0 spiro atoms. The van der Waals surface area contributed by atoms with Crippen molar-refractivity contribution >= 4 is 16.6 Å². The van der Waals surface area contributed by atoms with Gasteiger partial charge in [0.2, 0.25) is 0 Å². The van der Waals surface area contributed by atoms with Crippen LogP contribution in [0.5, 0.6) is 0 Å². The fraction of sp³-hybridized carbons (Fsp3) is 0.588. The lowest BCUT2D eigenvalue weighted by Gasteiger charge is -2.18. The largest absolute Gasteiger partial charge is 0.381 e. The first kappa shape index (κ1) is 13.5. The zero-order chi connectivity index (χ0) is 13.8. The summed E-state index contributed by atoms with van der Waals surface area (Å²) in [5, 5.41) is 12.2. The van der Waals surface area contributed by atoms with Gasteiger partial charge >= 0.3 is 0 Å². The van der Waals surface area contributed by atoms with Gasteiger partial charge in [0, 0.05) is 11.4 Å². The van der Waals surface area contributed by atoms with Gasteiger partial charge in [-0.1, -0.05) is 44.7 Å². The summed E-state index contributed by atoms with van der Waals surface area (Å²) in [4.78, 5) is 0. The van der Waals surface area contributed by atoms with Crippen LogP contribution in [0.1, 0.15) is 51.9 Å². The molecule has 2 N–H and O–H groups in total. The van der Waals surface area contributed by atoms with E-state index in [-0.39, 0.29) is 0 Å². The first-order chi connectivity index (χ1) is 9.86. The van der Waals surface area contributed by atoms with Crippen molar-refractivity contribution in [3.8, 4) is 0 Å². The fourth-order valence-electron chi connectivity index (χ4n) is 3.53. The van der Waals surface area contributed by atoms with E-state index in [2.05, 4.69) is 40.6 Å². The molecule has 1 heterocycles. The van der Waals surface area contributed by atoms with E-state index >= 15 is 0 Å². The molecule has 20 heavy (non-hydrogen) atoms. The van der Waals surface area contributed by atoms with Crippen LogP contribution in [0.15, 0.2) is 24.4 Å². The summed E-state index contributed by atoms with van der Waals surface area (Å²) in [6.07, 6.45) is 11.4. The molecule has 1 aliphatic carbocycles. The Balaban J connectivity index is 1.67. The third kappa shape index (κ3) is 2.97. The van der Waals surface area contributed by atoms with Crippen LogP contribution in [0, 0.1) is 5.92 Å². The Morgan fingerprint density at radius 1 is 1.25 bits per heavy atom. The van der Waals surface area contributed by atoms with E-state index in [9.17, 15) is 0 Å². The molecule has 0 aliphatic heterocycles. The van der Waals surface area contributed by atoms with E-state index < -0.39 is 0 Å². The smallest absolute Gasteiger partial charge is 0.0881 e. The number of H-pyrrole nitrogens is 1. The minimum Gasteiger partial charge on any atom is -0.381 e. The summed E-state index contributed by atoms with van der Waals surface area (Å²) in [6.45, 7) is 2.31. The molecule has 1 aliphatic rings. The number of anilines is 1. The van der Waals surface area contributed by atoms with Gasteiger partial charge in [-0.05, 0) is 31.2 Å². The summed E-state index contributed by atoms with van der Waals surface area (Å²) in [6, 6.07) is 6.99. The fourth-order valence-corrected chi connectivity index (χ4v) is 3.53. The van der Waals surface area contributed by atoms with Crippen LogP contribution in [-0.4, -0.2) is 16.2 Å². The van der Waals surface area contributed by atoms with Crippen LogP contribution in [0.3, 0.4) is 0 Å². The molecule has 3 heteroatoms. The van der Waals surface area contributed by atoms with Crippen molar-refractivity contribution in [3.63, 3.8) is 0 Å². The van der Waals surface area contributed by atoms with Crippen molar-refractivity contribution in [1.29, 1.82) is 0 Å². The Hall–Kier alpha value is -1.51. The highest BCUT2D eigenvalue weighted by molar-refractivity contribution is 5.89. The third-order valence-electron chi connectivity index (χ3n) is 4.62. The Labute approximate surface area is 121 Å². The van der Waals surface area contributed by atoms with E-state index in [1.54, 1.807) is 0 Å². The van der Waals surface area contributed by atoms with Gasteiger partial charge in [0.1, 0.15) is 0 Å². The molecule has 1 saturated carbocycles. The summed E-state index contributed by atoms with van der Waals surface area (Å²) < 4.78 is 0. The molecule has 3 rings (SSSR count). The van der Waals surface area contributed by atoms with Gasteiger partial charge in [0.15, 0.2) is 0 Å². The van der Waals surface area contributed by atoms with E-state index in [1.165, 1.54) is 56.0 Å². The standard InChI is InChI=1S/C17H25N3/c1-2-5-13-6-3-8-15(11-10-13)19-16-9-4-7-14-12-18-20-17(14)16/h4,7,9,12-13,15,19H,2-3,5-6,8,10-11H2,1H3,(H,18,20). The SMILES string of the molecule is CCCC1CCCC(Nc2cccc3cn[nH]c23)CC1. The van der Waals surface area contributed by atoms with Crippen molar-refractivity contribution in [3.05, 3.63) is 24.4 Å². The minimum atomic E-state index is 0.616. The number of nitrogens with zero attached hydrogens (tertiary/aromatic N) is 1. The van der Waals surface area contributed by atoms with Gasteiger partial charge in [-0.25, -0.2) is 0 Å². The number of rotatable bonds is 4. The van der Waals surface area contributed by atoms with Crippen LogP contribution >= 0.6 is 0 Å². The van der Waals surface area contributed by atoms with Crippen LogP contribution in [0.2, 0.25) is 0 Å². The van der Waals surface area contributed by atoms with Crippen LogP contribution in [0.25, 0.3) is 10.9 Å². The molecule has 1 aromatic carbocycles. The molecule has 0 radical (unpaired) electrons. The van der Waals surface area contributed by atoms with Gasteiger partial charge in [-0.3, -0.25) is 5.10 Å². The monoisotopic (exact) mass is 271 g/mol. The Bertz CT molecular complexity index is 546. The minimum absolute atomic E-state index is 0.616. The molecular formula is C17H25N3. The number of para-hydroxylation sites is 1. The highest BCUT2D eigenvalue weighted by atomic mass is 15.1. The van der Waals surface area contributed by atoms with Crippen LogP contribution in [0.4, 0.5) is 5.69 Å².